The molecule has 2 aliphatic heterocycles. The van der Waals surface area contributed by atoms with Crippen molar-refractivity contribution in [1.29, 1.82) is 0 Å². The van der Waals surface area contributed by atoms with Gasteiger partial charge in [0.25, 0.3) is 0 Å². The fourth-order valence-corrected chi connectivity index (χ4v) is 2.68. The minimum Gasteiger partial charge on any atom is -0.454 e. The van der Waals surface area contributed by atoms with E-state index in [1.807, 2.05) is 24.4 Å². The highest BCUT2D eigenvalue weighted by atomic mass is 16.7. The Labute approximate surface area is 122 Å². The van der Waals surface area contributed by atoms with Crippen molar-refractivity contribution in [1.82, 2.24) is 9.97 Å². The van der Waals surface area contributed by atoms with Crippen LogP contribution in [0.25, 0.3) is 11.1 Å². The summed E-state index contributed by atoms with van der Waals surface area (Å²) in [6.07, 6.45) is 3.41. The van der Waals surface area contributed by atoms with Gasteiger partial charge in [0.05, 0.1) is 13.2 Å². The lowest BCUT2D eigenvalue weighted by Crippen LogP contribution is -2.37. The average Bonchev–Trinajstić information content (AvgIpc) is 3.04. The first kappa shape index (κ1) is 12.4. The summed E-state index contributed by atoms with van der Waals surface area (Å²) in [4.78, 5) is 10.9. The molecular weight excluding hydrogens is 270 g/mol. The van der Waals surface area contributed by atoms with Crippen LogP contribution in [-0.2, 0) is 4.74 Å². The Bertz CT molecular complexity index is 656. The first-order chi connectivity index (χ1) is 10.4. The van der Waals surface area contributed by atoms with Crippen molar-refractivity contribution in [2.45, 2.75) is 0 Å². The van der Waals surface area contributed by atoms with Gasteiger partial charge in [-0.25, -0.2) is 9.97 Å². The number of benzene rings is 1. The molecule has 3 heterocycles. The molecule has 0 N–H and O–H groups in total. The Morgan fingerprint density at radius 3 is 2.86 bits per heavy atom. The molecule has 0 radical (unpaired) electrons. The van der Waals surface area contributed by atoms with Gasteiger partial charge in [-0.2, -0.15) is 0 Å². The topological polar surface area (TPSA) is 56.7 Å². The van der Waals surface area contributed by atoms with E-state index in [1.165, 1.54) is 0 Å². The monoisotopic (exact) mass is 285 g/mol. The number of anilines is 1. The van der Waals surface area contributed by atoms with Gasteiger partial charge >= 0.3 is 0 Å². The average molecular weight is 285 g/mol. The summed E-state index contributed by atoms with van der Waals surface area (Å²) in [6, 6.07) is 5.87. The summed E-state index contributed by atoms with van der Waals surface area (Å²) in [5.74, 6) is 2.45. The zero-order valence-corrected chi connectivity index (χ0v) is 11.5. The highest BCUT2D eigenvalue weighted by molar-refractivity contribution is 5.81. The lowest BCUT2D eigenvalue weighted by molar-refractivity contribution is 0.122. The molecule has 0 aliphatic carbocycles. The molecule has 0 saturated carbocycles. The normalized spacial score (nSPS) is 17.0. The number of morpholine rings is 1. The van der Waals surface area contributed by atoms with Crippen LogP contribution in [0.15, 0.2) is 30.7 Å². The third-order valence-corrected chi connectivity index (χ3v) is 3.69. The summed E-state index contributed by atoms with van der Waals surface area (Å²) in [5, 5.41) is 0. The Morgan fingerprint density at radius 1 is 1.05 bits per heavy atom. The SMILES string of the molecule is c1cc2c(c(-c3cncnc3N3CCOCC3)c1)OCO2. The maximum absolute atomic E-state index is 5.61. The molecule has 0 unspecified atom stereocenters. The molecule has 1 aromatic heterocycles. The summed E-state index contributed by atoms with van der Waals surface area (Å²) >= 11 is 0. The smallest absolute Gasteiger partial charge is 0.231 e. The second-order valence-corrected chi connectivity index (χ2v) is 4.90. The Kier molecular flexibility index (Phi) is 3.08. The summed E-state index contributed by atoms with van der Waals surface area (Å²) in [7, 11) is 0. The Hall–Kier alpha value is -2.34. The van der Waals surface area contributed by atoms with Gasteiger partial charge < -0.3 is 19.1 Å². The van der Waals surface area contributed by atoms with Crippen molar-refractivity contribution in [3.05, 3.63) is 30.7 Å². The standard InChI is InChI=1S/C15H15N3O3/c1-2-11(14-13(3-1)20-10-21-14)12-8-16-9-17-15(12)18-4-6-19-7-5-18/h1-3,8-9H,4-7,10H2. The second kappa shape index (κ2) is 5.21. The molecule has 6 nitrogen and oxygen atoms in total. The third kappa shape index (κ3) is 2.17. The minimum atomic E-state index is 0.257. The number of ether oxygens (including phenoxy) is 3. The van der Waals surface area contributed by atoms with E-state index >= 15 is 0 Å². The largest absolute Gasteiger partial charge is 0.454 e. The Morgan fingerprint density at radius 2 is 1.95 bits per heavy atom. The number of aromatic nitrogens is 2. The molecule has 1 fully saturated rings. The van der Waals surface area contributed by atoms with Crippen LogP contribution in [0, 0.1) is 0 Å². The molecular formula is C15H15N3O3. The van der Waals surface area contributed by atoms with Gasteiger partial charge in [-0.15, -0.1) is 0 Å². The summed E-state index contributed by atoms with van der Waals surface area (Å²) < 4.78 is 16.5. The van der Waals surface area contributed by atoms with Crippen molar-refractivity contribution in [2.24, 2.45) is 0 Å². The van der Waals surface area contributed by atoms with E-state index in [0.29, 0.717) is 0 Å². The van der Waals surface area contributed by atoms with Gasteiger partial charge in [-0.3, -0.25) is 0 Å². The molecule has 21 heavy (non-hydrogen) atoms. The van der Waals surface area contributed by atoms with Gasteiger partial charge in [0.2, 0.25) is 6.79 Å². The van der Waals surface area contributed by atoms with Crippen LogP contribution in [0.5, 0.6) is 11.5 Å². The van der Waals surface area contributed by atoms with Gasteiger partial charge in [0.1, 0.15) is 12.1 Å². The van der Waals surface area contributed by atoms with Crippen molar-refractivity contribution in [2.75, 3.05) is 38.0 Å². The number of nitrogens with zero attached hydrogens (tertiary/aromatic N) is 3. The van der Waals surface area contributed by atoms with Crippen molar-refractivity contribution in [3.63, 3.8) is 0 Å². The lowest BCUT2D eigenvalue weighted by atomic mass is 10.1. The minimum absolute atomic E-state index is 0.257. The molecule has 6 heteroatoms. The molecule has 1 aromatic carbocycles. The van der Waals surface area contributed by atoms with E-state index in [-0.39, 0.29) is 6.79 Å². The number of hydrogen-bond acceptors (Lipinski definition) is 6. The zero-order chi connectivity index (χ0) is 14.1. The molecule has 0 amide bonds. The van der Waals surface area contributed by atoms with E-state index in [1.54, 1.807) is 6.33 Å². The molecule has 0 spiro atoms. The van der Waals surface area contributed by atoms with E-state index in [0.717, 1.165) is 54.7 Å². The fourth-order valence-electron chi connectivity index (χ4n) is 2.68. The quantitative estimate of drug-likeness (QED) is 0.837. The molecule has 1 saturated heterocycles. The fraction of sp³-hybridized carbons (Fsp3) is 0.333. The predicted octanol–water partition coefficient (Wildman–Crippen LogP) is 1.71. The van der Waals surface area contributed by atoms with E-state index in [2.05, 4.69) is 14.9 Å². The van der Waals surface area contributed by atoms with Gasteiger partial charge in [0.15, 0.2) is 11.5 Å². The zero-order valence-electron chi connectivity index (χ0n) is 11.5. The van der Waals surface area contributed by atoms with Crippen molar-refractivity contribution in [3.8, 4) is 22.6 Å². The lowest BCUT2D eigenvalue weighted by Gasteiger charge is -2.29. The maximum atomic E-state index is 5.61. The molecule has 4 rings (SSSR count). The van der Waals surface area contributed by atoms with Crippen LogP contribution in [-0.4, -0.2) is 43.1 Å². The van der Waals surface area contributed by atoms with E-state index in [9.17, 15) is 0 Å². The molecule has 0 bridgehead atoms. The highest BCUT2D eigenvalue weighted by Crippen LogP contribution is 2.43. The maximum Gasteiger partial charge on any atom is 0.231 e. The van der Waals surface area contributed by atoms with Gasteiger partial charge in [0, 0.05) is 30.4 Å². The predicted molar refractivity (Wildman–Crippen MR) is 76.6 cm³/mol. The van der Waals surface area contributed by atoms with Crippen LogP contribution in [0.4, 0.5) is 5.82 Å². The summed E-state index contributed by atoms with van der Waals surface area (Å²) in [5.41, 5.74) is 1.92. The van der Waals surface area contributed by atoms with Crippen LogP contribution >= 0.6 is 0 Å². The number of fused-ring (bicyclic) bond motifs is 1. The number of rotatable bonds is 2. The van der Waals surface area contributed by atoms with Crippen LogP contribution in [0.3, 0.4) is 0 Å². The van der Waals surface area contributed by atoms with Crippen LogP contribution in [0.2, 0.25) is 0 Å². The van der Waals surface area contributed by atoms with Crippen molar-refractivity contribution < 1.29 is 14.2 Å². The van der Waals surface area contributed by atoms with Crippen LogP contribution in [0.1, 0.15) is 0 Å². The first-order valence-corrected chi connectivity index (χ1v) is 6.95. The molecule has 2 aliphatic rings. The molecule has 108 valence electrons. The molecule has 0 atom stereocenters. The first-order valence-electron chi connectivity index (χ1n) is 6.95. The third-order valence-electron chi connectivity index (χ3n) is 3.69. The van der Waals surface area contributed by atoms with Crippen LogP contribution < -0.4 is 14.4 Å². The Balaban J connectivity index is 1.80. The summed E-state index contributed by atoms with van der Waals surface area (Å²) in [6.45, 7) is 3.35. The number of para-hydroxylation sites is 1. The van der Waals surface area contributed by atoms with Gasteiger partial charge in [-0.05, 0) is 6.07 Å². The van der Waals surface area contributed by atoms with E-state index in [4.69, 9.17) is 14.2 Å². The molecule has 2 aromatic rings. The number of hydrogen-bond donors (Lipinski definition) is 0. The highest BCUT2D eigenvalue weighted by Gasteiger charge is 2.23. The second-order valence-electron chi connectivity index (χ2n) is 4.90. The van der Waals surface area contributed by atoms with Gasteiger partial charge in [-0.1, -0.05) is 12.1 Å². The van der Waals surface area contributed by atoms with E-state index < -0.39 is 0 Å². The van der Waals surface area contributed by atoms with Crippen molar-refractivity contribution >= 4 is 5.82 Å².